The SMILES string of the molecule is O=C(c1ccc(C(F)(F)F)cc1)N(CCc1nccs1)C1CC1. The van der Waals surface area contributed by atoms with Gasteiger partial charge in [-0.1, -0.05) is 0 Å². The smallest absolute Gasteiger partial charge is 0.335 e. The summed E-state index contributed by atoms with van der Waals surface area (Å²) in [5.74, 6) is -0.210. The summed E-state index contributed by atoms with van der Waals surface area (Å²) in [6, 6.07) is 4.62. The zero-order valence-corrected chi connectivity index (χ0v) is 13.0. The second-order valence-electron chi connectivity index (χ2n) is 5.48. The van der Waals surface area contributed by atoms with E-state index in [1.54, 1.807) is 11.1 Å². The number of carbonyl (C=O) groups excluding carboxylic acids is 1. The molecule has 0 atom stereocenters. The highest BCUT2D eigenvalue weighted by atomic mass is 32.1. The van der Waals surface area contributed by atoms with Crippen molar-refractivity contribution in [3.8, 4) is 0 Å². The largest absolute Gasteiger partial charge is 0.416 e. The van der Waals surface area contributed by atoms with Crippen LogP contribution in [0.1, 0.15) is 33.8 Å². The molecule has 1 saturated carbocycles. The zero-order valence-electron chi connectivity index (χ0n) is 12.2. The Kier molecular flexibility index (Phi) is 4.39. The van der Waals surface area contributed by atoms with E-state index < -0.39 is 11.7 Å². The summed E-state index contributed by atoms with van der Waals surface area (Å²) >= 11 is 1.54. The van der Waals surface area contributed by atoms with Gasteiger partial charge in [-0.15, -0.1) is 11.3 Å². The molecule has 2 aromatic rings. The summed E-state index contributed by atoms with van der Waals surface area (Å²) in [5, 5.41) is 2.84. The van der Waals surface area contributed by atoms with Crippen molar-refractivity contribution in [3.05, 3.63) is 52.0 Å². The Hall–Kier alpha value is -1.89. The van der Waals surface area contributed by atoms with E-state index in [9.17, 15) is 18.0 Å². The second kappa shape index (κ2) is 6.31. The third kappa shape index (κ3) is 3.90. The van der Waals surface area contributed by atoms with Gasteiger partial charge in [-0.05, 0) is 37.1 Å². The minimum Gasteiger partial charge on any atom is -0.335 e. The molecule has 23 heavy (non-hydrogen) atoms. The number of aromatic nitrogens is 1. The molecule has 3 nitrogen and oxygen atoms in total. The first-order chi connectivity index (χ1) is 10.9. The van der Waals surface area contributed by atoms with Crippen LogP contribution in [0.4, 0.5) is 13.2 Å². The molecule has 122 valence electrons. The number of halogens is 3. The van der Waals surface area contributed by atoms with Gasteiger partial charge in [0.05, 0.1) is 10.6 Å². The number of hydrogen-bond donors (Lipinski definition) is 0. The highest BCUT2D eigenvalue weighted by Crippen LogP contribution is 2.31. The van der Waals surface area contributed by atoms with E-state index in [0.29, 0.717) is 18.5 Å². The van der Waals surface area contributed by atoms with Crippen molar-refractivity contribution in [2.45, 2.75) is 31.5 Å². The molecule has 1 aliphatic rings. The van der Waals surface area contributed by atoms with E-state index in [1.807, 2.05) is 5.38 Å². The lowest BCUT2D eigenvalue weighted by molar-refractivity contribution is -0.137. The fraction of sp³-hybridized carbons (Fsp3) is 0.375. The number of alkyl halides is 3. The van der Waals surface area contributed by atoms with Crippen LogP contribution in [0.2, 0.25) is 0 Å². The molecule has 0 N–H and O–H groups in total. The Bertz CT molecular complexity index is 664. The van der Waals surface area contributed by atoms with E-state index in [2.05, 4.69) is 4.98 Å². The molecule has 7 heteroatoms. The van der Waals surface area contributed by atoms with Crippen LogP contribution in [-0.4, -0.2) is 28.4 Å². The monoisotopic (exact) mass is 340 g/mol. The molecular formula is C16H15F3N2OS. The van der Waals surface area contributed by atoms with Gasteiger partial charge in [0, 0.05) is 36.1 Å². The molecule has 1 heterocycles. The molecule has 1 amide bonds. The lowest BCUT2D eigenvalue weighted by Crippen LogP contribution is -2.35. The average Bonchev–Trinajstić information content (AvgIpc) is 3.22. The minimum absolute atomic E-state index is 0.199. The molecule has 0 spiro atoms. The van der Waals surface area contributed by atoms with Crippen LogP contribution >= 0.6 is 11.3 Å². The van der Waals surface area contributed by atoms with Crippen molar-refractivity contribution in [1.82, 2.24) is 9.88 Å². The maximum absolute atomic E-state index is 12.6. The third-order valence-corrected chi connectivity index (χ3v) is 4.60. The molecule has 3 rings (SSSR count). The lowest BCUT2D eigenvalue weighted by atomic mass is 10.1. The van der Waals surface area contributed by atoms with Crippen molar-refractivity contribution in [2.75, 3.05) is 6.54 Å². The Morgan fingerprint density at radius 3 is 2.48 bits per heavy atom. The quantitative estimate of drug-likeness (QED) is 0.824. The Balaban J connectivity index is 1.70. The summed E-state index contributed by atoms with van der Waals surface area (Å²) in [5.41, 5.74) is -0.446. The topological polar surface area (TPSA) is 33.2 Å². The number of thiazole rings is 1. The maximum Gasteiger partial charge on any atom is 0.416 e. The molecule has 0 radical (unpaired) electrons. The summed E-state index contributed by atoms with van der Waals surface area (Å²) in [6.07, 6.45) is -0.100. The summed E-state index contributed by atoms with van der Waals surface area (Å²) in [7, 11) is 0. The van der Waals surface area contributed by atoms with Crippen LogP contribution in [0.25, 0.3) is 0 Å². The summed E-state index contributed by atoms with van der Waals surface area (Å²) in [4.78, 5) is 18.5. The van der Waals surface area contributed by atoms with Crippen LogP contribution in [-0.2, 0) is 12.6 Å². The average molecular weight is 340 g/mol. The first-order valence-corrected chi connectivity index (χ1v) is 8.20. The van der Waals surface area contributed by atoms with Crippen LogP contribution in [0.3, 0.4) is 0 Å². The van der Waals surface area contributed by atoms with Gasteiger partial charge in [0.2, 0.25) is 0 Å². The van der Waals surface area contributed by atoms with Crippen molar-refractivity contribution in [1.29, 1.82) is 0 Å². The van der Waals surface area contributed by atoms with Crippen LogP contribution < -0.4 is 0 Å². The number of amides is 1. The van der Waals surface area contributed by atoms with Gasteiger partial charge in [0.25, 0.3) is 5.91 Å². The molecule has 0 unspecified atom stereocenters. The van der Waals surface area contributed by atoms with Crippen molar-refractivity contribution >= 4 is 17.2 Å². The Morgan fingerprint density at radius 1 is 1.26 bits per heavy atom. The molecular weight excluding hydrogens is 325 g/mol. The molecule has 1 aromatic heterocycles. The normalized spacial score (nSPS) is 14.7. The van der Waals surface area contributed by atoms with Gasteiger partial charge < -0.3 is 4.90 Å². The van der Waals surface area contributed by atoms with Gasteiger partial charge in [0.15, 0.2) is 0 Å². The number of nitrogens with zero attached hydrogens (tertiary/aromatic N) is 2. The molecule has 0 aliphatic heterocycles. The molecule has 1 aliphatic carbocycles. The number of hydrogen-bond acceptors (Lipinski definition) is 3. The van der Waals surface area contributed by atoms with Gasteiger partial charge in [-0.3, -0.25) is 4.79 Å². The Morgan fingerprint density at radius 2 is 1.96 bits per heavy atom. The van der Waals surface area contributed by atoms with Crippen molar-refractivity contribution < 1.29 is 18.0 Å². The Labute approximate surface area is 135 Å². The first-order valence-electron chi connectivity index (χ1n) is 7.32. The van der Waals surface area contributed by atoms with E-state index in [1.165, 1.54) is 23.5 Å². The van der Waals surface area contributed by atoms with Gasteiger partial charge in [-0.2, -0.15) is 13.2 Å². The van der Waals surface area contributed by atoms with Gasteiger partial charge in [0.1, 0.15) is 0 Å². The third-order valence-electron chi connectivity index (χ3n) is 3.76. The first kappa shape index (κ1) is 16.0. The van der Waals surface area contributed by atoms with E-state index in [0.717, 1.165) is 30.0 Å². The van der Waals surface area contributed by atoms with E-state index >= 15 is 0 Å². The highest BCUT2D eigenvalue weighted by molar-refractivity contribution is 7.09. The second-order valence-corrected chi connectivity index (χ2v) is 6.46. The van der Waals surface area contributed by atoms with E-state index in [4.69, 9.17) is 0 Å². The number of carbonyl (C=O) groups is 1. The maximum atomic E-state index is 12.6. The van der Waals surface area contributed by atoms with Gasteiger partial charge in [-0.25, -0.2) is 4.98 Å². The molecule has 1 fully saturated rings. The number of benzene rings is 1. The fourth-order valence-corrected chi connectivity index (χ4v) is 3.01. The predicted molar refractivity (Wildman–Crippen MR) is 81.3 cm³/mol. The number of rotatable bonds is 5. The summed E-state index contributed by atoms with van der Waals surface area (Å²) < 4.78 is 37.8. The highest BCUT2D eigenvalue weighted by Gasteiger charge is 2.34. The van der Waals surface area contributed by atoms with Crippen LogP contribution in [0.15, 0.2) is 35.8 Å². The van der Waals surface area contributed by atoms with Crippen molar-refractivity contribution in [3.63, 3.8) is 0 Å². The predicted octanol–water partition coefficient (Wildman–Crippen LogP) is 4.01. The lowest BCUT2D eigenvalue weighted by Gasteiger charge is -2.22. The minimum atomic E-state index is -4.39. The van der Waals surface area contributed by atoms with E-state index in [-0.39, 0.29) is 11.9 Å². The molecule has 0 bridgehead atoms. The fourth-order valence-electron chi connectivity index (χ4n) is 2.40. The van der Waals surface area contributed by atoms with Gasteiger partial charge >= 0.3 is 6.18 Å². The van der Waals surface area contributed by atoms with Crippen LogP contribution in [0.5, 0.6) is 0 Å². The molecule has 0 saturated heterocycles. The van der Waals surface area contributed by atoms with Crippen LogP contribution in [0, 0.1) is 0 Å². The molecule has 1 aromatic carbocycles. The standard InChI is InChI=1S/C16H15F3N2OS/c17-16(18,19)12-3-1-11(2-4-12)15(22)21(13-5-6-13)9-7-14-20-8-10-23-14/h1-4,8,10,13H,5-7,9H2. The van der Waals surface area contributed by atoms with Crippen molar-refractivity contribution in [2.24, 2.45) is 0 Å². The summed E-state index contributed by atoms with van der Waals surface area (Å²) in [6.45, 7) is 0.540. The zero-order chi connectivity index (χ0) is 16.4.